The fourth-order valence-corrected chi connectivity index (χ4v) is 3.99. The predicted molar refractivity (Wildman–Crippen MR) is 133 cm³/mol. The second-order valence-corrected chi connectivity index (χ2v) is 8.88. The molecule has 1 aromatic carbocycles. The number of benzene rings is 1. The van der Waals surface area contributed by atoms with Crippen molar-refractivity contribution >= 4 is 62.4 Å². The molecule has 3 heterocycles. The molecule has 0 unspecified atom stereocenters. The van der Waals surface area contributed by atoms with E-state index in [0.717, 1.165) is 23.3 Å². The summed E-state index contributed by atoms with van der Waals surface area (Å²) in [4.78, 5) is 27.7. The van der Waals surface area contributed by atoms with Gasteiger partial charge < -0.3 is 9.64 Å². The van der Waals surface area contributed by atoms with Crippen molar-refractivity contribution in [2.75, 3.05) is 18.5 Å². The van der Waals surface area contributed by atoms with E-state index in [-0.39, 0.29) is 18.5 Å². The van der Waals surface area contributed by atoms with Crippen LogP contribution >= 0.6 is 39.1 Å². The lowest BCUT2D eigenvalue weighted by Crippen LogP contribution is -2.23. The number of fused-ring (bicyclic) bond motifs is 1. The maximum Gasteiger partial charge on any atom is 0.355 e. The number of urea groups is 1. The molecule has 0 radical (unpaired) electrons. The number of ether oxygens (including phenoxy) is 1. The zero-order valence-electron chi connectivity index (χ0n) is 18.7. The van der Waals surface area contributed by atoms with Gasteiger partial charge in [0.25, 0.3) is 0 Å². The van der Waals surface area contributed by atoms with Crippen LogP contribution in [0.5, 0.6) is 5.75 Å². The third-order valence-electron chi connectivity index (χ3n) is 4.96. The number of anilines is 1. The first-order valence-electron chi connectivity index (χ1n) is 10.2. The minimum atomic E-state index is -0.122. The molecule has 1 N–H and O–H groups in total. The first-order valence-corrected chi connectivity index (χ1v) is 11.8. The molecule has 0 aliphatic carbocycles. The van der Waals surface area contributed by atoms with Crippen molar-refractivity contribution in [3.63, 3.8) is 0 Å². The molecule has 3 amide bonds. The van der Waals surface area contributed by atoms with Crippen LogP contribution in [-0.2, 0) is 11.4 Å². The molecule has 2 aromatic heterocycles. The van der Waals surface area contributed by atoms with Crippen molar-refractivity contribution in [1.29, 1.82) is 0 Å². The molecular weight excluding hydrogens is 533 g/mol. The zero-order valence-corrected chi connectivity index (χ0v) is 21.8. The molecule has 11 heteroatoms. The summed E-state index contributed by atoms with van der Waals surface area (Å²) in [7, 11) is 1.66. The SMILES string of the molecule is CC(=O)N(C)c1ccc(Cl)c(COc2cccn3c(Br)c(C)nc23)c1Cl.CCCN1NC1=O. The summed E-state index contributed by atoms with van der Waals surface area (Å²) in [5.41, 5.74) is 5.28. The number of carbonyl (C=O) groups is 2. The molecule has 1 aliphatic rings. The lowest BCUT2D eigenvalue weighted by molar-refractivity contribution is -0.116. The van der Waals surface area contributed by atoms with Crippen LogP contribution in [0.15, 0.2) is 35.1 Å². The third-order valence-corrected chi connectivity index (χ3v) is 6.69. The monoisotopic (exact) mass is 555 g/mol. The Morgan fingerprint density at radius 3 is 2.58 bits per heavy atom. The lowest BCUT2D eigenvalue weighted by Gasteiger charge is -2.19. The van der Waals surface area contributed by atoms with Crippen molar-refractivity contribution in [2.45, 2.75) is 33.8 Å². The summed E-state index contributed by atoms with van der Waals surface area (Å²) >= 11 is 16.3. The summed E-state index contributed by atoms with van der Waals surface area (Å²) in [6.45, 7) is 6.42. The van der Waals surface area contributed by atoms with E-state index >= 15 is 0 Å². The van der Waals surface area contributed by atoms with E-state index in [9.17, 15) is 9.59 Å². The number of hydrazine groups is 1. The molecule has 176 valence electrons. The molecule has 3 aromatic rings. The van der Waals surface area contributed by atoms with Gasteiger partial charge in [-0.25, -0.2) is 20.2 Å². The number of hydrogen-bond donors (Lipinski definition) is 1. The number of pyridine rings is 1. The summed E-state index contributed by atoms with van der Waals surface area (Å²) in [5.74, 6) is 0.488. The largest absolute Gasteiger partial charge is 0.485 e. The number of aromatic nitrogens is 2. The van der Waals surface area contributed by atoms with Crippen LogP contribution in [0.3, 0.4) is 0 Å². The molecular formula is C22H24BrCl2N5O3. The van der Waals surface area contributed by atoms with Gasteiger partial charge in [-0.05, 0) is 53.5 Å². The Hall–Kier alpha value is -2.49. The van der Waals surface area contributed by atoms with Gasteiger partial charge in [-0.3, -0.25) is 9.20 Å². The average molecular weight is 557 g/mol. The van der Waals surface area contributed by atoms with E-state index in [4.69, 9.17) is 27.9 Å². The van der Waals surface area contributed by atoms with Gasteiger partial charge in [-0.15, -0.1) is 0 Å². The molecule has 0 spiro atoms. The smallest absolute Gasteiger partial charge is 0.355 e. The Morgan fingerprint density at radius 1 is 1.30 bits per heavy atom. The third kappa shape index (κ3) is 5.72. The van der Waals surface area contributed by atoms with Crippen LogP contribution < -0.4 is 15.1 Å². The van der Waals surface area contributed by atoms with E-state index in [0.29, 0.717) is 32.7 Å². The number of rotatable bonds is 6. The normalized spacial score (nSPS) is 12.2. The van der Waals surface area contributed by atoms with Gasteiger partial charge in [0, 0.05) is 37.3 Å². The number of amides is 3. The van der Waals surface area contributed by atoms with Crippen molar-refractivity contribution in [3.05, 3.63) is 56.4 Å². The van der Waals surface area contributed by atoms with Gasteiger partial charge in [-0.1, -0.05) is 30.1 Å². The van der Waals surface area contributed by atoms with Gasteiger partial charge in [0.1, 0.15) is 11.2 Å². The topological polar surface area (TPSA) is 88.9 Å². The van der Waals surface area contributed by atoms with Gasteiger partial charge in [0.05, 0.1) is 16.4 Å². The minimum Gasteiger partial charge on any atom is -0.485 e. The highest BCUT2D eigenvalue weighted by molar-refractivity contribution is 9.10. The van der Waals surface area contributed by atoms with Gasteiger partial charge >= 0.3 is 6.03 Å². The molecule has 1 fully saturated rings. The summed E-state index contributed by atoms with van der Waals surface area (Å²) in [5, 5.41) is 2.45. The van der Waals surface area contributed by atoms with Crippen LogP contribution in [0.1, 0.15) is 31.5 Å². The Bertz CT molecular complexity index is 1200. The standard InChI is InChI=1S/C18H16BrCl2N3O2.C4H8N2O/c1-10-17(19)24-8-4-5-15(18(24)22-10)26-9-12-13(20)6-7-14(16(12)21)23(3)11(2)25;1-2-3-6-4(7)5-6/h4-8H,9H2,1-3H3;2-3H2,1H3,(H,5,7). The highest BCUT2D eigenvalue weighted by Crippen LogP contribution is 2.35. The quantitative estimate of drug-likeness (QED) is 0.400. The van der Waals surface area contributed by atoms with Crippen molar-refractivity contribution in [3.8, 4) is 5.75 Å². The molecule has 1 aliphatic heterocycles. The molecule has 8 nitrogen and oxygen atoms in total. The molecule has 1 saturated heterocycles. The van der Waals surface area contributed by atoms with E-state index in [1.807, 2.05) is 36.6 Å². The zero-order chi connectivity index (χ0) is 24.3. The van der Waals surface area contributed by atoms with Crippen LogP contribution in [0, 0.1) is 6.92 Å². The highest BCUT2D eigenvalue weighted by atomic mass is 79.9. The number of imidazole rings is 1. The average Bonchev–Trinajstić information content (AvgIpc) is 3.39. The van der Waals surface area contributed by atoms with E-state index in [1.165, 1.54) is 11.8 Å². The van der Waals surface area contributed by atoms with Crippen LogP contribution in [0.2, 0.25) is 10.0 Å². The molecule has 4 rings (SSSR count). The highest BCUT2D eigenvalue weighted by Gasteiger charge is 2.26. The predicted octanol–water partition coefficient (Wildman–Crippen LogP) is 5.61. The second-order valence-electron chi connectivity index (χ2n) is 7.35. The van der Waals surface area contributed by atoms with E-state index in [2.05, 4.69) is 26.3 Å². The number of nitrogens with zero attached hydrogens (tertiary/aromatic N) is 4. The van der Waals surface area contributed by atoms with Crippen molar-refractivity contribution in [1.82, 2.24) is 19.8 Å². The van der Waals surface area contributed by atoms with Gasteiger partial charge in [0.15, 0.2) is 11.4 Å². The maximum atomic E-state index is 11.6. The fraction of sp³-hybridized carbons (Fsp3) is 0.318. The Labute approximate surface area is 210 Å². The Morgan fingerprint density at radius 2 is 2.00 bits per heavy atom. The first kappa shape index (κ1) is 25.1. The van der Waals surface area contributed by atoms with Crippen molar-refractivity contribution < 1.29 is 14.3 Å². The summed E-state index contributed by atoms with van der Waals surface area (Å²) < 4.78 is 8.72. The van der Waals surface area contributed by atoms with Crippen LogP contribution in [0.25, 0.3) is 5.65 Å². The Kier molecular flexibility index (Phi) is 8.10. The number of hydrogen-bond acceptors (Lipinski definition) is 4. The molecule has 0 bridgehead atoms. The summed E-state index contributed by atoms with van der Waals surface area (Å²) in [6.07, 6.45) is 2.92. The number of halogens is 3. The molecule has 0 saturated carbocycles. The van der Waals surface area contributed by atoms with E-state index < -0.39 is 0 Å². The molecule has 0 atom stereocenters. The number of carbonyl (C=O) groups excluding carboxylic acids is 2. The van der Waals surface area contributed by atoms with Crippen LogP contribution in [-0.4, -0.2) is 39.9 Å². The number of nitrogens with one attached hydrogen (secondary N) is 1. The first-order chi connectivity index (χ1) is 15.6. The molecule has 33 heavy (non-hydrogen) atoms. The van der Waals surface area contributed by atoms with Crippen molar-refractivity contribution in [2.24, 2.45) is 0 Å². The minimum absolute atomic E-state index is 0.0573. The van der Waals surface area contributed by atoms with E-state index in [1.54, 1.807) is 24.2 Å². The fourth-order valence-electron chi connectivity index (χ4n) is 3.01. The lowest BCUT2D eigenvalue weighted by atomic mass is 10.2. The van der Waals surface area contributed by atoms with Crippen LogP contribution in [0.4, 0.5) is 10.5 Å². The van der Waals surface area contributed by atoms with Gasteiger partial charge in [0.2, 0.25) is 5.91 Å². The second kappa shape index (κ2) is 10.6. The Balaban J connectivity index is 0.000000374. The maximum absolute atomic E-state index is 11.6. The number of aryl methyl sites for hydroxylation is 1. The summed E-state index contributed by atoms with van der Waals surface area (Å²) in [6, 6.07) is 7.18. The van der Waals surface area contributed by atoms with Gasteiger partial charge in [-0.2, -0.15) is 0 Å².